The van der Waals surface area contributed by atoms with E-state index in [1.54, 1.807) is 6.20 Å². The second-order valence-electron chi connectivity index (χ2n) is 11.5. The van der Waals surface area contributed by atoms with E-state index in [1.165, 1.54) is 0 Å². The number of hydrogen-bond acceptors (Lipinski definition) is 6. The Kier molecular flexibility index (Phi) is 6.28. The van der Waals surface area contributed by atoms with Gasteiger partial charge in [0.05, 0.1) is 31.0 Å². The summed E-state index contributed by atoms with van der Waals surface area (Å²) >= 11 is 6.73. The van der Waals surface area contributed by atoms with E-state index >= 15 is 0 Å². The number of hydrogen-bond donors (Lipinski definition) is 2. The summed E-state index contributed by atoms with van der Waals surface area (Å²) in [5.41, 5.74) is 1.01. The highest BCUT2D eigenvalue weighted by Gasteiger charge is 2.64. The van der Waals surface area contributed by atoms with Crippen LogP contribution in [0.4, 0.5) is 5.82 Å². The number of aromatic nitrogens is 1. The number of nitrogens with one attached hydrogen (secondary N) is 1. The van der Waals surface area contributed by atoms with Crippen LogP contribution >= 0.6 is 11.6 Å². The van der Waals surface area contributed by atoms with Crippen molar-refractivity contribution in [1.82, 2.24) is 9.88 Å². The number of likely N-dealkylation sites (tertiary alicyclic amines) is 1. The van der Waals surface area contributed by atoms with E-state index in [0.717, 1.165) is 73.2 Å². The fourth-order valence-electron chi connectivity index (χ4n) is 6.80. The Morgan fingerprint density at radius 3 is 2.72 bits per heavy atom. The smallest absolute Gasteiger partial charge is 0.229 e. The molecule has 3 heterocycles. The summed E-state index contributed by atoms with van der Waals surface area (Å²) in [6.45, 7) is 7.65. The van der Waals surface area contributed by atoms with E-state index < -0.39 is 6.10 Å². The highest BCUT2D eigenvalue weighted by Crippen LogP contribution is 2.66. The lowest BCUT2D eigenvalue weighted by Crippen LogP contribution is -2.56. The minimum Gasteiger partial charge on any atom is -0.389 e. The molecule has 1 aromatic carbocycles. The molecule has 8 heteroatoms. The van der Waals surface area contributed by atoms with E-state index in [9.17, 15) is 9.90 Å². The first-order valence-corrected chi connectivity index (χ1v) is 13.7. The van der Waals surface area contributed by atoms with E-state index in [-0.39, 0.29) is 22.8 Å². The third-order valence-electron chi connectivity index (χ3n) is 9.31. The zero-order chi connectivity index (χ0) is 25.1. The molecule has 1 spiro atoms. The monoisotopic (exact) mass is 513 g/mol. The molecule has 0 bridgehead atoms. The quantitative estimate of drug-likeness (QED) is 0.597. The minimum atomic E-state index is -0.444. The van der Waals surface area contributed by atoms with Gasteiger partial charge < -0.3 is 19.9 Å². The second-order valence-corrected chi connectivity index (χ2v) is 11.9. The summed E-state index contributed by atoms with van der Waals surface area (Å²) in [7, 11) is 0. The highest BCUT2D eigenvalue weighted by atomic mass is 35.5. The zero-order valence-corrected chi connectivity index (χ0v) is 21.9. The van der Waals surface area contributed by atoms with Crippen molar-refractivity contribution in [1.29, 1.82) is 0 Å². The largest absolute Gasteiger partial charge is 0.389 e. The molecule has 2 saturated carbocycles. The molecule has 7 nitrogen and oxygen atoms in total. The van der Waals surface area contributed by atoms with Crippen molar-refractivity contribution in [2.75, 3.05) is 38.2 Å². The average Bonchev–Trinajstić information content (AvgIpc) is 3.50. The van der Waals surface area contributed by atoms with Crippen LogP contribution in [0.1, 0.15) is 57.4 Å². The highest BCUT2D eigenvalue weighted by molar-refractivity contribution is 6.32. The van der Waals surface area contributed by atoms with Crippen LogP contribution in [0.25, 0.3) is 10.8 Å². The molecule has 4 fully saturated rings. The standard InChI is InChI=1S/C28H36ClN3O4/c1-3-36-20-11-28(12-20)13-22(28)26(34)31-25-10-18-8-21(23(29)9-19(18)14-30-25)17-4-6-32(7-5-17)27(2)16-35-15-24(27)33/h8-10,14,17,20,22,24,33H,3-7,11-13,15-16H2,1-2H3,(H,30,31,34)/t20?,22-,24+,27-,28?/m1/s1. The third kappa shape index (κ3) is 4.23. The Labute approximate surface area is 217 Å². The number of ether oxygens (including phenoxy) is 2. The lowest BCUT2D eigenvalue weighted by Gasteiger charge is -2.43. The van der Waals surface area contributed by atoms with Gasteiger partial charge in [-0.2, -0.15) is 0 Å². The number of piperidine rings is 1. The number of fused-ring (bicyclic) bond motifs is 1. The Morgan fingerprint density at radius 2 is 2.03 bits per heavy atom. The predicted octanol–water partition coefficient (Wildman–Crippen LogP) is 4.36. The zero-order valence-electron chi connectivity index (χ0n) is 21.1. The molecular formula is C28H36ClN3O4. The van der Waals surface area contributed by atoms with Gasteiger partial charge in [0.15, 0.2) is 0 Å². The van der Waals surface area contributed by atoms with Crippen LogP contribution in [-0.2, 0) is 14.3 Å². The number of benzene rings is 1. The molecule has 2 aromatic rings. The van der Waals surface area contributed by atoms with Gasteiger partial charge in [-0.05, 0) is 99.5 Å². The Bertz CT molecular complexity index is 1160. The molecule has 2 aliphatic carbocycles. The fraction of sp³-hybridized carbons (Fsp3) is 0.643. The molecular weight excluding hydrogens is 478 g/mol. The van der Waals surface area contributed by atoms with Crippen LogP contribution in [0.15, 0.2) is 24.4 Å². The summed E-state index contributed by atoms with van der Waals surface area (Å²) in [4.78, 5) is 19.8. The SMILES string of the molecule is CCOC1CC2(C1)C[C@@H]2C(=O)Nc1cc2cc(C3CCN([C@]4(C)COC[C@@H]4O)CC3)c(Cl)cc2cn1. The predicted molar refractivity (Wildman–Crippen MR) is 139 cm³/mol. The van der Waals surface area contributed by atoms with Crippen LogP contribution in [0.3, 0.4) is 0 Å². The number of carbonyl (C=O) groups is 1. The molecule has 4 aliphatic rings. The number of pyridine rings is 1. The molecule has 0 unspecified atom stereocenters. The minimum absolute atomic E-state index is 0.0725. The fourth-order valence-corrected chi connectivity index (χ4v) is 7.13. The Hall–Kier alpha value is -1.77. The summed E-state index contributed by atoms with van der Waals surface area (Å²) < 4.78 is 11.2. The number of aliphatic hydroxyl groups is 1. The number of carbonyl (C=O) groups excluding carboxylic acids is 1. The summed E-state index contributed by atoms with van der Waals surface area (Å²) in [6.07, 6.45) is 6.58. The number of anilines is 1. The maximum Gasteiger partial charge on any atom is 0.229 e. The van der Waals surface area contributed by atoms with Crippen molar-refractivity contribution in [3.63, 3.8) is 0 Å². The second kappa shape index (κ2) is 9.21. The number of aliphatic hydroxyl groups excluding tert-OH is 1. The Balaban J connectivity index is 1.12. The van der Waals surface area contributed by atoms with Crippen LogP contribution in [-0.4, -0.2) is 71.6 Å². The molecule has 2 saturated heterocycles. The van der Waals surface area contributed by atoms with Gasteiger partial charge in [0, 0.05) is 29.1 Å². The third-order valence-corrected chi connectivity index (χ3v) is 9.64. The van der Waals surface area contributed by atoms with E-state index in [4.69, 9.17) is 21.1 Å². The van der Waals surface area contributed by atoms with E-state index in [0.29, 0.717) is 31.1 Å². The van der Waals surface area contributed by atoms with Gasteiger partial charge in [0.2, 0.25) is 5.91 Å². The van der Waals surface area contributed by atoms with E-state index in [2.05, 4.69) is 28.2 Å². The van der Waals surface area contributed by atoms with Crippen LogP contribution < -0.4 is 5.32 Å². The Morgan fingerprint density at radius 1 is 1.25 bits per heavy atom. The lowest BCUT2D eigenvalue weighted by atomic mass is 9.77. The van der Waals surface area contributed by atoms with Gasteiger partial charge in [-0.15, -0.1) is 0 Å². The van der Waals surface area contributed by atoms with Gasteiger partial charge in [-0.25, -0.2) is 4.98 Å². The van der Waals surface area contributed by atoms with Crippen LogP contribution in [0, 0.1) is 11.3 Å². The molecule has 2 N–H and O–H groups in total. The molecule has 3 atom stereocenters. The first-order valence-electron chi connectivity index (χ1n) is 13.3. The van der Waals surface area contributed by atoms with Crippen molar-refractivity contribution < 1.29 is 19.4 Å². The van der Waals surface area contributed by atoms with Gasteiger partial charge in [-0.3, -0.25) is 9.69 Å². The normalized spacial score (nSPS) is 34.7. The molecule has 6 rings (SSSR count). The first kappa shape index (κ1) is 24.6. The van der Waals surface area contributed by atoms with Crippen molar-refractivity contribution >= 4 is 34.1 Å². The van der Waals surface area contributed by atoms with Gasteiger partial charge in [0.25, 0.3) is 0 Å². The molecule has 1 aromatic heterocycles. The first-order chi connectivity index (χ1) is 17.3. The lowest BCUT2D eigenvalue weighted by molar-refractivity contribution is -0.120. The maximum atomic E-state index is 12.9. The molecule has 0 radical (unpaired) electrons. The van der Waals surface area contributed by atoms with Crippen LogP contribution in [0.2, 0.25) is 5.02 Å². The van der Waals surface area contributed by atoms with E-state index in [1.807, 2.05) is 19.1 Å². The topological polar surface area (TPSA) is 83.9 Å². The number of amides is 1. The molecule has 2 aliphatic heterocycles. The van der Waals surface area contributed by atoms with Gasteiger partial charge in [-0.1, -0.05) is 11.6 Å². The van der Waals surface area contributed by atoms with Crippen molar-refractivity contribution in [2.45, 2.75) is 69.6 Å². The summed E-state index contributed by atoms with van der Waals surface area (Å²) in [5.74, 6) is 1.10. The average molecular weight is 514 g/mol. The number of halogens is 1. The molecule has 194 valence electrons. The summed E-state index contributed by atoms with van der Waals surface area (Å²) in [5, 5.41) is 16.3. The molecule has 36 heavy (non-hydrogen) atoms. The van der Waals surface area contributed by atoms with Crippen LogP contribution in [0.5, 0.6) is 0 Å². The van der Waals surface area contributed by atoms with Crippen molar-refractivity contribution in [3.05, 3.63) is 35.0 Å². The summed E-state index contributed by atoms with van der Waals surface area (Å²) in [6, 6.07) is 6.13. The number of rotatable bonds is 6. The van der Waals surface area contributed by atoms with Crippen molar-refractivity contribution in [3.8, 4) is 0 Å². The van der Waals surface area contributed by atoms with Crippen molar-refractivity contribution in [2.24, 2.45) is 11.3 Å². The van der Waals surface area contributed by atoms with Gasteiger partial charge in [0.1, 0.15) is 5.82 Å². The maximum absolute atomic E-state index is 12.9. The van der Waals surface area contributed by atoms with Gasteiger partial charge >= 0.3 is 0 Å². The molecule has 1 amide bonds. The number of nitrogens with zero attached hydrogens (tertiary/aromatic N) is 2.